The molecule has 0 unspecified atom stereocenters. The highest BCUT2D eigenvalue weighted by Crippen LogP contribution is 2.10. The summed E-state index contributed by atoms with van der Waals surface area (Å²) in [6.45, 7) is 7.61. The molecule has 0 fully saturated rings. The van der Waals surface area contributed by atoms with Gasteiger partial charge in [-0.3, -0.25) is 14.2 Å². The van der Waals surface area contributed by atoms with Gasteiger partial charge in [0.15, 0.2) is 5.78 Å². The first-order valence-corrected chi connectivity index (χ1v) is 6.79. The van der Waals surface area contributed by atoms with Crippen molar-refractivity contribution < 1.29 is 4.79 Å². The van der Waals surface area contributed by atoms with Crippen LogP contribution < -0.4 is 0 Å². The Morgan fingerprint density at radius 1 is 1.26 bits per heavy atom. The zero-order chi connectivity index (χ0) is 13.8. The average molecular weight is 260 g/mol. The van der Waals surface area contributed by atoms with Crippen LogP contribution >= 0.6 is 0 Å². The van der Waals surface area contributed by atoms with Gasteiger partial charge in [0.05, 0.1) is 11.9 Å². The third kappa shape index (κ3) is 2.92. The van der Waals surface area contributed by atoms with E-state index in [1.165, 1.54) is 0 Å². The van der Waals surface area contributed by atoms with Gasteiger partial charge in [0.2, 0.25) is 0 Å². The summed E-state index contributed by atoms with van der Waals surface area (Å²) in [5.74, 6) is 0.102. The van der Waals surface area contributed by atoms with Gasteiger partial charge in [-0.25, -0.2) is 0 Å². The maximum Gasteiger partial charge on any atom is 0.185 e. The van der Waals surface area contributed by atoms with E-state index >= 15 is 0 Å². The maximum atomic E-state index is 12.3. The van der Waals surface area contributed by atoms with E-state index in [4.69, 9.17) is 0 Å². The lowest BCUT2D eigenvalue weighted by atomic mass is 10.1. The number of nitrogens with zero attached hydrogens (tertiary/aromatic N) is 4. The highest BCUT2D eigenvalue weighted by molar-refractivity contribution is 5.96. The van der Waals surface area contributed by atoms with Crippen LogP contribution in [0.3, 0.4) is 0 Å². The topological polar surface area (TPSA) is 52.7 Å². The van der Waals surface area contributed by atoms with Crippen molar-refractivity contribution in [1.82, 2.24) is 19.6 Å². The minimum atomic E-state index is 0.102. The molecule has 2 aromatic rings. The van der Waals surface area contributed by atoms with E-state index in [2.05, 4.69) is 10.2 Å². The third-order valence-electron chi connectivity index (χ3n) is 3.15. The number of carbonyl (C=O) groups is 1. The highest BCUT2D eigenvalue weighted by atomic mass is 16.1. The summed E-state index contributed by atoms with van der Waals surface area (Å²) in [4.78, 5) is 12.3. The van der Waals surface area contributed by atoms with E-state index in [0.29, 0.717) is 12.1 Å². The molecule has 0 aliphatic rings. The van der Waals surface area contributed by atoms with Crippen LogP contribution in [0.5, 0.6) is 0 Å². The van der Waals surface area contributed by atoms with Gasteiger partial charge in [-0.05, 0) is 31.9 Å². The number of Topliss-reactive ketones (excluding diaryl/α,β-unsaturated/α-hetero) is 1. The van der Waals surface area contributed by atoms with Gasteiger partial charge < -0.3 is 0 Å². The molecular weight excluding hydrogens is 240 g/mol. The first kappa shape index (κ1) is 13.5. The lowest BCUT2D eigenvalue weighted by Crippen LogP contribution is -2.11. The standard InChI is InChI=1S/C14H20N4O/c1-4-12-8-13(18(6-3)16-12)14(19)7-11-9-15-17(5-2)10-11/h8-10H,4-7H2,1-3H3. The molecule has 5 heteroatoms. The average Bonchev–Trinajstić information content (AvgIpc) is 3.04. The van der Waals surface area contributed by atoms with Crippen molar-refractivity contribution in [2.75, 3.05) is 0 Å². The summed E-state index contributed by atoms with van der Waals surface area (Å²) in [5, 5.41) is 8.59. The summed E-state index contributed by atoms with van der Waals surface area (Å²) >= 11 is 0. The fourth-order valence-electron chi connectivity index (χ4n) is 2.05. The van der Waals surface area contributed by atoms with Crippen molar-refractivity contribution >= 4 is 5.78 Å². The summed E-state index contributed by atoms with van der Waals surface area (Å²) < 4.78 is 3.61. The number of aryl methyl sites for hydroxylation is 3. The molecule has 0 saturated carbocycles. The van der Waals surface area contributed by atoms with Crippen molar-refractivity contribution in [2.45, 2.75) is 46.7 Å². The van der Waals surface area contributed by atoms with Crippen molar-refractivity contribution in [3.8, 4) is 0 Å². The second-order valence-corrected chi connectivity index (χ2v) is 4.49. The molecule has 2 aromatic heterocycles. The number of carbonyl (C=O) groups excluding carboxylic acids is 1. The molecule has 0 aliphatic heterocycles. The highest BCUT2D eigenvalue weighted by Gasteiger charge is 2.15. The van der Waals surface area contributed by atoms with Crippen LogP contribution in [0.2, 0.25) is 0 Å². The Balaban J connectivity index is 2.17. The third-order valence-corrected chi connectivity index (χ3v) is 3.15. The molecule has 5 nitrogen and oxygen atoms in total. The van der Waals surface area contributed by atoms with Crippen LogP contribution in [-0.4, -0.2) is 25.3 Å². The first-order valence-electron chi connectivity index (χ1n) is 6.79. The van der Waals surface area contributed by atoms with E-state index in [0.717, 1.165) is 30.8 Å². The van der Waals surface area contributed by atoms with Gasteiger partial charge in [-0.1, -0.05) is 6.92 Å². The van der Waals surface area contributed by atoms with Crippen LogP contribution in [-0.2, 0) is 25.9 Å². The normalized spacial score (nSPS) is 10.9. The minimum absolute atomic E-state index is 0.102. The molecule has 0 aliphatic carbocycles. The Kier molecular flexibility index (Phi) is 4.14. The van der Waals surface area contributed by atoms with Crippen LogP contribution in [0, 0.1) is 0 Å². The number of rotatable bonds is 6. The predicted octanol–water partition coefficient (Wildman–Crippen LogP) is 2.11. The van der Waals surface area contributed by atoms with Gasteiger partial charge in [0, 0.05) is 25.7 Å². The molecule has 0 saturated heterocycles. The van der Waals surface area contributed by atoms with E-state index in [1.54, 1.807) is 10.9 Å². The smallest absolute Gasteiger partial charge is 0.185 e. The molecule has 0 amide bonds. The minimum Gasteiger partial charge on any atom is -0.292 e. The monoisotopic (exact) mass is 260 g/mol. The quantitative estimate of drug-likeness (QED) is 0.747. The van der Waals surface area contributed by atoms with E-state index in [-0.39, 0.29) is 5.78 Å². The molecule has 0 radical (unpaired) electrons. The van der Waals surface area contributed by atoms with Crippen molar-refractivity contribution in [3.05, 3.63) is 35.4 Å². The van der Waals surface area contributed by atoms with Crippen LogP contribution in [0.15, 0.2) is 18.5 Å². The summed E-state index contributed by atoms with van der Waals surface area (Å²) in [5.41, 5.74) is 2.62. The van der Waals surface area contributed by atoms with Crippen LogP contribution in [0.4, 0.5) is 0 Å². The molecule has 0 atom stereocenters. The largest absolute Gasteiger partial charge is 0.292 e. The molecule has 19 heavy (non-hydrogen) atoms. The Labute approximate surface area is 113 Å². The molecule has 0 bridgehead atoms. The number of hydrogen-bond donors (Lipinski definition) is 0. The van der Waals surface area contributed by atoms with Gasteiger partial charge in [0.25, 0.3) is 0 Å². The number of ketones is 1. The molecular formula is C14H20N4O. The van der Waals surface area contributed by atoms with Crippen LogP contribution in [0.1, 0.15) is 42.5 Å². The van der Waals surface area contributed by atoms with Crippen molar-refractivity contribution in [3.63, 3.8) is 0 Å². The lowest BCUT2D eigenvalue weighted by Gasteiger charge is -2.02. The lowest BCUT2D eigenvalue weighted by molar-refractivity contribution is 0.0982. The first-order chi connectivity index (χ1) is 9.17. The van der Waals surface area contributed by atoms with Crippen molar-refractivity contribution in [2.24, 2.45) is 0 Å². The van der Waals surface area contributed by atoms with Gasteiger partial charge in [-0.15, -0.1) is 0 Å². The molecule has 0 N–H and O–H groups in total. The fourth-order valence-corrected chi connectivity index (χ4v) is 2.05. The second kappa shape index (κ2) is 5.82. The summed E-state index contributed by atoms with van der Waals surface area (Å²) in [7, 11) is 0. The molecule has 102 valence electrons. The van der Waals surface area contributed by atoms with E-state index in [9.17, 15) is 4.79 Å². The second-order valence-electron chi connectivity index (χ2n) is 4.49. The maximum absolute atomic E-state index is 12.3. The van der Waals surface area contributed by atoms with Gasteiger partial charge >= 0.3 is 0 Å². The van der Waals surface area contributed by atoms with E-state index in [1.807, 2.05) is 37.7 Å². The van der Waals surface area contributed by atoms with Crippen LogP contribution in [0.25, 0.3) is 0 Å². The summed E-state index contributed by atoms with van der Waals surface area (Å²) in [6, 6.07) is 1.90. The fraction of sp³-hybridized carbons (Fsp3) is 0.500. The number of hydrogen-bond acceptors (Lipinski definition) is 3. The zero-order valence-electron chi connectivity index (χ0n) is 11.8. The zero-order valence-corrected chi connectivity index (χ0v) is 11.8. The van der Waals surface area contributed by atoms with E-state index < -0.39 is 0 Å². The Hall–Kier alpha value is -1.91. The predicted molar refractivity (Wildman–Crippen MR) is 73.2 cm³/mol. The SMILES string of the molecule is CCc1cc(C(=O)Cc2cnn(CC)c2)n(CC)n1. The Morgan fingerprint density at radius 2 is 2.05 bits per heavy atom. The molecule has 2 heterocycles. The molecule has 0 spiro atoms. The molecule has 0 aromatic carbocycles. The molecule has 2 rings (SSSR count). The van der Waals surface area contributed by atoms with Crippen molar-refractivity contribution in [1.29, 1.82) is 0 Å². The summed E-state index contributed by atoms with van der Waals surface area (Å²) in [6.07, 6.45) is 4.91. The van der Waals surface area contributed by atoms with Gasteiger partial charge in [-0.2, -0.15) is 10.2 Å². The Bertz CT molecular complexity index is 568. The Morgan fingerprint density at radius 3 is 2.63 bits per heavy atom. The number of aromatic nitrogens is 4. The van der Waals surface area contributed by atoms with Gasteiger partial charge in [0.1, 0.15) is 5.69 Å².